The molecule has 2 aliphatic heterocycles. The number of carbonyl (C=O) groups is 1. The summed E-state index contributed by atoms with van der Waals surface area (Å²) in [6.07, 6.45) is 1.33. The third kappa shape index (κ3) is 3.96. The van der Waals surface area contributed by atoms with Gasteiger partial charge in [0.05, 0.1) is 13.5 Å². The molecule has 1 aromatic rings. The first-order chi connectivity index (χ1) is 12.8. The van der Waals surface area contributed by atoms with Gasteiger partial charge in [-0.05, 0) is 37.6 Å². The molecular formula is C18H26N2O6S. The summed E-state index contributed by atoms with van der Waals surface area (Å²) >= 11 is 0. The van der Waals surface area contributed by atoms with Gasteiger partial charge in [-0.2, -0.15) is 4.31 Å². The number of rotatable bonds is 5. The monoisotopic (exact) mass is 398 g/mol. The number of ether oxygens (including phenoxy) is 2. The first-order valence-corrected chi connectivity index (χ1v) is 10.4. The van der Waals surface area contributed by atoms with E-state index in [1.807, 2.05) is 7.05 Å². The standard InChI is InChI=1S/C18H26N2O6S/c1-19-7-8-20(13-18(19)5-9-26-10-6-18)27(23,24)16-11-14(12-17(21)22)3-4-15(16)25-2/h3-4,11H,5-10,12-13H2,1-2H3,(H,21,22). The van der Waals surface area contributed by atoms with Crippen LogP contribution in [0.1, 0.15) is 18.4 Å². The number of hydrogen-bond donors (Lipinski definition) is 1. The maximum atomic E-state index is 13.4. The van der Waals surface area contributed by atoms with E-state index in [0.29, 0.717) is 38.4 Å². The third-order valence-electron chi connectivity index (χ3n) is 5.59. The summed E-state index contributed by atoms with van der Waals surface area (Å²) in [4.78, 5) is 13.3. The number of aliphatic carboxylic acids is 1. The molecule has 1 spiro atoms. The summed E-state index contributed by atoms with van der Waals surface area (Å²) in [6.45, 7) is 2.65. The number of hydrogen-bond acceptors (Lipinski definition) is 6. The van der Waals surface area contributed by atoms with Gasteiger partial charge in [0.25, 0.3) is 0 Å². The average Bonchev–Trinajstić information content (AvgIpc) is 2.64. The lowest BCUT2D eigenvalue weighted by atomic mass is 9.87. The summed E-state index contributed by atoms with van der Waals surface area (Å²) in [5.74, 6) is -0.784. The van der Waals surface area contributed by atoms with Crippen molar-refractivity contribution in [1.29, 1.82) is 0 Å². The molecule has 2 saturated heterocycles. The highest BCUT2D eigenvalue weighted by atomic mass is 32.2. The van der Waals surface area contributed by atoms with E-state index in [2.05, 4.69) is 4.90 Å². The van der Waals surface area contributed by atoms with Crippen molar-refractivity contribution in [2.45, 2.75) is 29.7 Å². The largest absolute Gasteiger partial charge is 0.495 e. The lowest BCUT2D eigenvalue weighted by molar-refractivity contribution is -0.136. The predicted octanol–water partition coefficient (Wildman–Crippen LogP) is 0.808. The minimum absolute atomic E-state index is 0.0236. The van der Waals surface area contributed by atoms with Crippen LogP contribution in [0.3, 0.4) is 0 Å². The first kappa shape index (κ1) is 20.1. The number of methoxy groups -OCH3 is 1. The highest BCUT2D eigenvalue weighted by molar-refractivity contribution is 7.89. The van der Waals surface area contributed by atoms with Gasteiger partial charge in [0.15, 0.2) is 0 Å². The van der Waals surface area contributed by atoms with Gasteiger partial charge >= 0.3 is 5.97 Å². The van der Waals surface area contributed by atoms with E-state index in [4.69, 9.17) is 14.6 Å². The third-order valence-corrected chi connectivity index (χ3v) is 7.46. The van der Waals surface area contributed by atoms with Crippen molar-refractivity contribution in [3.8, 4) is 5.75 Å². The molecule has 0 bridgehead atoms. The van der Waals surface area contributed by atoms with Gasteiger partial charge in [-0.15, -0.1) is 0 Å². The highest BCUT2D eigenvalue weighted by Gasteiger charge is 2.44. The van der Waals surface area contributed by atoms with E-state index in [1.165, 1.54) is 23.5 Å². The van der Waals surface area contributed by atoms with Crippen molar-refractivity contribution in [2.75, 3.05) is 47.0 Å². The molecule has 1 aromatic carbocycles. The van der Waals surface area contributed by atoms with Crippen molar-refractivity contribution >= 4 is 16.0 Å². The summed E-state index contributed by atoms with van der Waals surface area (Å²) in [5, 5.41) is 9.02. The van der Waals surface area contributed by atoms with E-state index < -0.39 is 16.0 Å². The molecule has 2 heterocycles. The van der Waals surface area contributed by atoms with Gasteiger partial charge in [-0.25, -0.2) is 8.42 Å². The Morgan fingerprint density at radius 1 is 1.30 bits per heavy atom. The molecule has 2 aliphatic rings. The predicted molar refractivity (Wildman–Crippen MR) is 98.5 cm³/mol. The second kappa shape index (κ2) is 7.75. The van der Waals surface area contributed by atoms with E-state index in [0.717, 1.165) is 12.8 Å². The molecule has 0 atom stereocenters. The summed E-state index contributed by atoms with van der Waals surface area (Å²) < 4.78 is 39.0. The van der Waals surface area contributed by atoms with Crippen molar-refractivity contribution in [3.05, 3.63) is 23.8 Å². The molecule has 9 heteroatoms. The molecule has 1 N–H and O–H groups in total. The van der Waals surface area contributed by atoms with Crippen molar-refractivity contribution in [3.63, 3.8) is 0 Å². The van der Waals surface area contributed by atoms with Crippen LogP contribution < -0.4 is 4.74 Å². The number of likely N-dealkylation sites (N-methyl/N-ethyl adjacent to an activating group) is 1. The Labute approximate surface area is 159 Å². The maximum Gasteiger partial charge on any atom is 0.307 e. The Morgan fingerprint density at radius 3 is 2.63 bits per heavy atom. The fourth-order valence-electron chi connectivity index (χ4n) is 3.87. The van der Waals surface area contributed by atoms with Crippen molar-refractivity contribution < 1.29 is 27.8 Å². The zero-order chi connectivity index (χ0) is 19.7. The average molecular weight is 398 g/mol. The summed E-state index contributed by atoms with van der Waals surface area (Å²) in [6, 6.07) is 4.51. The molecule has 0 radical (unpaired) electrons. The molecular weight excluding hydrogens is 372 g/mol. The van der Waals surface area contributed by atoms with Gasteiger partial charge in [-0.1, -0.05) is 6.07 Å². The molecule has 0 aromatic heterocycles. The van der Waals surface area contributed by atoms with Crippen LogP contribution in [0.15, 0.2) is 23.1 Å². The number of piperazine rings is 1. The van der Waals surface area contributed by atoms with E-state index in [9.17, 15) is 13.2 Å². The summed E-state index contributed by atoms with van der Waals surface area (Å²) in [5.41, 5.74) is 0.201. The topological polar surface area (TPSA) is 96.4 Å². The molecule has 27 heavy (non-hydrogen) atoms. The normalized spacial score (nSPS) is 21.3. The van der Waals surface area contributed by atoms with Gasteiger partial charge in [0, 0.05) is 38.4 Å². The second-order valence-electron chi connectivity index (χ2n) is 7.15. The van der Waals surface area contributed by atoms with Crippen LogP contribution in [0.4, 0.5) is 0 Å². The number of carboxylic acid groups (broad SMARTS) is 1. The van der Waals surface area contributed by atoms with Crippen LogP contribution in [0.2, 0.25) is 0 Å². The van der Waals surface area contributed by atoms with Crippen molar-refractivity contribution in [1.82, 2.24) is 9.21 Å². The van der Waals surface area contributed by atoms with Crippen LogP contribution in [-0.2, 0) is 26.0 Å². The lowest BCUT2D eigenvalue weighted by Crippen LogP contribution is -2.63. The minimum Gasteiger partial charge on any atom is -0.495 e. The van der Waals surface area contributed by atoms with E-state index in [1.54, 1.807) is 6.07 Å². The molecule has 0 amide bonds. The minimum atomic E-state index is -3.81. The van der Waals surface area contributed by atoms with Crippen LogP contribution in [-0.4, -0.2) is 81.2 Å². The van der Waals surface area contributed by atoms with Crippen LogP contribution in [0, 0.1) is 0 Å². The lowest BCUT2D eigenvalue weighted by Gasteiger charge is -2.50. The second-order valence-corrected chi connectivity index (χ2v) is 9.06. The molecule has 0 saturated carbocycles. The first-order valence-electron chi connectivity index (χ1n) is 8.96. The van der Waals surface area contributed by atoms with Crippen LogP contribution >= 0.6 is 0 Å². The number of sulfonamides is 1. The SMILES string of the molecule is COc1ccc(CC(=O)O)cc1S(=O)(=O)N1CCN(C)C2(CCOCC2)C1. The van der Waals surface area contributed by atoms with Gasteiger partial charge in [-0.3, -0.25) is 9.69 Å². The zero-order valence-corrected chi connectivity index (χ0v) is 16.5. The summed E-state index contributed by atoms with van der Waals surface area (Å²) in [7, 11) is -0.371. The Bertz CT molecular complexity index is 804. The fraction of sp³-hybridized carbons (Fsp3) is 0.611. The van der Waals surface area contributed by atoms with Crippen LogP contribution in [0.5, 0.6) is 5.75 Å². The highest BCUT2D eigenvalue weighted by Crippen LogP contribution is 2.35. The molecule has 150 valence electrons. The molecule has 8 nitrogen and oxygen atoms in total. The van der Waals surface area contributed by atoms with Crippen molar-refractivity contribution in [2.24, 2.45) is 0 Å². The molecule has 2 fully saturated rings. The Morgan fingerprint density at radius 2 is 2.00 bits per heavy atom. The smallest absolute Gasteiger partial charge is 0.307 e. The van der Waals surface area contributed by atoms with E-state index >= 15 is 0 Å². The zero-order valence-electron chi connectivity index (χ0n) is 15.7. The van der Waals surface area contributed by atoms with E-state index in [-0.39, 0.29) is 22.6 Å². The molecule has 0 aliphatic carbocycles. The molecule has 0 unspecified atom stereocenters. The quantitative estimate of drug-likeness (QED) is 0.784. The fourth-order valence-corrected chi connectivity index (χ4v) is 5.59. The Balaban J connectivity index is 1.94. The Hall–Kier alpha value is -1.68. The molecule has 3 rings (SSSR count). The maximum absolute atomic E-state index is 13.4. The number of carboxylic acids is 1. The van der Waals surface area contributed by atoms with Crippen LogP contribution in [0.25, 0.3) is 0 Å². The van der Waals surface area contributed by atoms with Gasteiger partial charge in [0.1, 0.15) is 10.6 Å². The number of nitrogens with zero attached hydrogens (tertiary/aromatic N) is 2. The number of benzene rings is 1. The van der Waals surface area contributed by atoms with Gasteiger partial charge < -0.3 is 14.6 Å². The Kier molecular flexibility index (Phi) is 5.76. The van der Waals surface area contributed by atoms with Gasteiger partial charge in [0.2, 0.25) is 10.0 Å².